The van der Waals surface area contributed by atoms with Crippen molar-refractivity contribution in [3.8, 4) is 0 Å². The van der Waals surface area contributed by atoms with Crippen molar-refractivity contribution in [2.24, 2.45) is 11.7 Å². The topological polar surface area (TPSA) is 73.6 Å². The predicted molar refractivity (Wildman–Crippen MR) is 55.9 cm³/mol. The van der Waals surface area contributed by atoms with Gasteiger partial charge < -0.3 is 10.5 Å². The Hall–Kier alpha value is -0.650. The Morgan fingerprint density at radius 1 is 1.60 bits per heavy atom. The van der Waals surface area contributed by atoms with Crippen LogP contribution in [-0.4, -0.2) is 31.3 Å². The number of carbonyl (C=O) groups is 1. The third kappa shape index (κ3) is 4.15. The van der Waals surface area contributed by atoms with E-state index in [4.69, 9.17) is 15.3 Å². The summed E-state index contributed by atoms with van der Waals surface area (Å²) in [5.41, 5.74) is 7.84. The quantitative estimate of drug-likeness (QED) is 0.644. The number of ether oxygens (including phenoxy) is 1. The lowest BCUT2D eigenvalue weighted by atomic mass is 10.2. The van der Waals surface area contributed by atoms with Gasteiger partial charge in [0.1, 0.15) is 6.10 Å². The largest absolute Gasteiger partial charge is 0.364 e. The van der Waals surface area contributed by atoms with Crippen molar-refractivity contribution in [3.05, 3.63) is 0 Å². The SMILES string of the molecule is CC(C)CONC(=O)C1CCC(CN)O1. The normalized spacial score (nSPS) is 25.9. The average molecular weight is 216 g/mol. The fourth-order valence-electron chi connectivity index (χ4n) is 1.42. The predicted octanol–water partition coefficient (Wildman–Crippen LogP) is 0.197. The Morgan fingerprint density at radius 2 is 2.33 bits per heavy atom. The third-order valence-corrected chi connectivity index (χ3v) is 2.25. The highest BCUT2D eigenvalue weighted by molar-refractivity contribution is 5.79. The summed E-state index contributed by atoms with van der Waals surface area (Å²) >= 11 is 0. The van der Waals surface area contributed by atoms with E-state index in [0.29, 0.717) is 19.1 Å². The summed E-state index contributed by atoms with van der Waals surface area (Å²) < 4.78 is 5.41. The van der Waals surface area contributed by atoms with E-state index in [1.807, 2.05) is 13.8 Å². The smallest absolute Gasteiger partial charge is 0.272 e. The van der Waals surface area contributed by atoms with E-state index >= 15 is 0 Å². The van der Waals surface area contributed by atoms with Crippen molar-refractivity contribution < 1.29 is 14.4 Å². The highest BCUT2D eigenvalue weighted by Gasteiger charge is 2.29. The number of hydroxylamine groups is 1. The Bertz CT molecular complexity index is 209. The molecule has 2 atom stereocenters. The minimum Gasteiger partial charge on any atom is -0.364 e. The van der Waals surface area contributed by atoms with Gasteiger partial charge in [-0.25, -0.2) is 5.48 Å². The maximum absolute atomic E-state index is 11.5. The van der Waals surface area contributed by atoms with Crippen molar-refractivity contribution in [2.45, 2.75) is 38.9 Å². The van der Waals surface area contributed by atoms with Crippen molar-refractivity contribution in [1.29, 1.82) is 0 Å². The van der Waals surface area contributed by atoms with E-state index in [1.54, 1.807) is 0 Å². The van der Waals surface area contributed by atoms with Crippen molar-refractivity contribution >= 4 is 5.91 Å². The maximum Gasteiger partial charge on any atom is 0.272 e. The standard InChI is InChI=1S/C10H20N2O3/c1-7(2)6-14-12-10(13)9-4-3-8(5-11)15-9/h7-9H,3-6,11H2,1-2H3,(H,12,13). The number of nitrogens with two attached hydrogens (primary N) is 1. The first-order valence-electron chi connectivity index (χ1n) is 5.40. The van der Waals surface area contributed by atoms with Crippen LogP contribution >= 0.6 is 0 Å². The molecule has 0 radical (unpaired) electrons. The second kappa shape index (κ2) is 6.05. The van der Waals surface area contributed by atoms with Crippen LogP contribution in [-0.2, 0) is 14.4 Å². The van der Waals surface area contributed by atoms with Gasteiger partial charge in [-0.2, -0.15) is 0 Å². The molecule has 0 aliphatic carbocycles. The Balaban J connectivity index is 2.18. The van der Waals surface area contributed by atoms with Crippen LogP contribution in [0.2, 0.25) is 0 Å². The molecule has 5 nitrogen and oxygen atoms in total. The lowest BCUT2D eigenvalue weighted by molar-refractivity contribution is -0.145. The van der Waals surface area contributed by atoms with E-state index in [-0.39, 0.29) is 12.0 Å². The van der Waals surface area contributed by atoms with Gasteiger partial charge in [0.05, 0.1) is 12.7 Å². The number of carbonyl (C=O) groups excluding carboxylic acids is 1. The second-order valence-corrected chi connectivity index (χ2v) is 4.23. The maximum atomic E-state index is 11.5. The fourth-order valence-corrected chi connectivity index (χ4v) is 1.42. The molecule has 1 aliphatic rings. The van der Waals surface area contributed by atoms with Gasteiger partial charge in [0.25, 0.3) is 5.91 Å². The summed E-state index contributed by atoms with van der Waals surface area (Å²) in [4.78, 5) is 16.5. The number of rotatable bonds is 5. The summed E-state index contributed by atoms with van der Waals surface area (Å²) in [6.07, 6.45) is 1.19. The Labute approximate surface area is 90.3 Å². The molecule has 0 aromatic heterocycles. The molecule has 0 saturated carbocycles. The number of amides is 1. The average Bonchev–Trinajstić information content (AvgIpc) is 2.65. The molecule has 1 saturated heterocycles. The number of hydrogen-bond acceptors (Lipinski definition) is 4. The highest BCUT2D eigenvalue weighted by Crippen LogP contribution is 2.18. The van der Waals surface area contributed by atoms with E-state index < -0.39 is 6.10 Å². The zero-order chi connectivity index (χ0) is 11.3. The van der Waals surface area contributed by atoms with Crippen LogP contribution in [0.4, 0.5) is 0 Å². The summed E-state index contributed by atoms with van der Waals surface area (Å²) in [5, 5.41) is 0. The second-order valence-electron chi connectivity index (χ2n) is 4.23. The first-order chi connectivity index (χ1) is 7.13. The van der Waals surface area contributed by atoms with Crippen molar-refractivity contribution in [3.63, 3.8) is 0 Å². The number of hydrogen-bond donors (Lipinski definition) is 2. The molecule has 1 fully saturated rings. The molecule has 1 heterocycles. The van der Waals surface area contributed by atoms with Crippen LogP contribution < -0.4 is 11.2 Å². The van der Waals surface area contributed by atoms with Gasteiger partial charge in [-0.3, -0.25) is 9.63 Å². The first kappa shape index (κ1) is 12.4. The molecule has 1 amide bonds. The minimum atomic E-state index is -0.397. The Kier molecular flexibility index (Phi) is 5.01. The van der Waals surface area contributed by atoms with Crippen molar-refractivity contribution in [1.82, 2.24) is 5.48 Å². The molecule has 88 valence electrons. The van der Waals surface area contributed by atoms with Gasteiger partial charge >= 0.3 is 0 Å². The van der Waals surface area contributed by atoms with Crippen LogP contribution in [0.25, 0.3) is 0 Å². The van der Waals surface area contributed by atoms with E-state index in [1.165, 1.54) is 0 Å². The lowest BCUT2D eigenvalue weighted by Crippen LogP contribution is -2.36. The molecule has 15 heavy (non-hydrogen) atoms. The molecule has 2 unspecified atom stereocenters. The zero-order valence-electron chi connectivity index (χ0n) is 9.36. The number of nitrogens with one attached hydrogen (secondary N) is 1. The first-order valence-corrected chi connectivity index (χ1v) is 5.40. The van der Waals surface area contributed by atoms with Crippen LogP contribution in [0.3, 0.4) is 0 Å². The van der Waals surface area contributed by atoms with Crippen LogP contribution in [0.15, 0.2) is 0 Å². The molecule has 0 aromatic carbocycles. The summed E-state index contributed by atoms with van der Waals surface area (Å²) in [7, 11) is 0. The molecule has 3 N–H and O–H groups in total. The van der Waals surface area contributed by atoms with E-state index in [2.05, 4.69) is 5.48 Å². The molecule has 1 aliphatic heterocycles. The molecule has 0 aromatic rings. The zero-order valence-corrected chi connectivity index (χ0v) is 9.36. The van der Waals surface area contributed by atoms with Gasteiger partial charge in [0.15, 0.2) is 0 Å². The van der Waals surface area contributed by atoms with Gasteiger partial charge in [-0.1, -0.05) is 13.8 Å². The van der Waals surface area contributed by atoms with Crippen LogP contribution in [0.5, 0.6) is 0 Å². The third-order valence-electron chi connectivity index (χ3n) is 2.25. The van der Waals surface area contributed by atoms with E-state index in [0.717, 1.165) is 12.8 Å². The Morgan fingerprint density at radius 3 is 2.87 bits per heavy atom. The fraction of sp³-hybridized carbons (Fsp3) is 0.900. The molecule has 0 spiro atoms. The van der Waals surface area contributed by atoms with Crippen LogP contribution in [0.1, 0.15) is 26.7 Å². The summed E-state index contributed by atoms with van der Waals surface area (Å²) in [6, 6.07) is 0. The summed E-state index contributed by atoms with van der Waals surface area (Å²) in [5.74, 6) is 0.193. The van der Waals surface area contributed by atoms with Gasteiger partial charge in [0, 0.05) is 6.54 Å². The van der Waals surface area contributed by atoms with Gasteiger partial charge in [-0.05, 0) is 18.8 Å². The van der Waals surface area contributed by atoms with Crippen LogP contribution in [0, 0.1) is 5.92 Å². The summed E-state index contributed by atoms with van der Waals surface area (Å²) in [6.45, 7) is 5.01. The molecular formula is C10H20N2O3. The monoisotopic (exact) mass is 216 g/mol. The molecule has 1 rings (SSSR count). The van der Waals surface area contributed by atoms with E-state index in [9.17, 15) is 4.79 Å². The molecular weight excluding hydrogens is 196 g/mol. The van der Waals surface area contributed by atoms with Gasteiger partial charge in [-0.15, -0.1) is 0 Å². The van der Waals surface area contributed by atoms with Gasteiger partial charge in [0.2, 0.25) is 0 Å². The molecule has 0 bridgehead atoms. The lowest BCUT2D eigenvalue weighted by Gasteiger charge is -2.13. The van der Waals surface area contributed by atoms with Crippen molar-refractivity contribution in [2.75, 3.05) is 13.2 Å². The molecule has 5 heteroatoms. The minimum absolute atomic E-state index is 0.0193. The highest BCUT2D eigenvalue weighted by atomic mass is 16.7.